The minimum absolute atomic E-state index is 0.140. The van der Waals surface area contributed by atoms with Crippen LogP contribution in [0.5, 0.6) is 0 Å². The van der Waals surface area contributed by atoms with Crippen LogP contribution < -0.4 is 31.9 Å². The maximum absolute atomic E-state index is 14.4. The predicted octanol–water partition coefficient (Wildman–Crippen LogP) is 8.52. The van der Waals surface area contributed by atoms with Crippen LogP contribution in [-0.4, -0.2) is 118 Å². The van der Waals surface area contributed by atoms with Gasteiger partial charge in [-0.25, -0.2) is 8.78 Å². The second kappa shape index (κ2) is 31.0. The molecule has 2 saturated heterocycles. The van der Waals surface area contributed by atoms with Crippen molar-refractivity contribution in [1.29, 1.82) is 0 Å². The number of pyridine rings is 2. The zero-order chi connectivity index (χ0) is 62.0. The third kappa shape index (κ3) is 17.6. The molecule has 4 heterocycles. The summed E-state index contributed by atoms with van der Waals surface area (Å²) in [4.78, 5) is 120. The lowest BCUT2D eigenvalue weighted by Gasteiger charge is -2.30. The highest BCUT2D eigenvalue weighted by atomic mass is 19.1. The first-order valence-corrected chi connectivity index (χ1v) is 29.8. The minimum atomic E-state index is -0.912. The van der Waals surface area contributed by atoms with E-state index >= 15 is 0 Å². The molecule has 2 aromatic heterocycles. The molecule has 87 heavy (non-hydrogen) atoms. The first-order chi connectivity index (χ1) is 42.0. The number of amides is 6. The Kier molecular flexibility index (Phi) is 22.8. The highest BCUT2D eigenvalue weighted by Gasteiger charge is 2.38. The Hall–Kier alpha value is -8.88. The third-order valence-electron chi connectivity index (χ3n) is 16.1. The summed E-state index contributed by atoms with van der Waals surface area (Å²) in [6, 6.07) is 24.6. The summed E-state index contributed by atoms with van der Waals surface area (Å²) in [5.41, 5.74) is 5.36. The number of unbranched alkanes of at least 4 members (excludes halogenated alkanes) is 4. The average molecular weight is 1190 g/mol. The molecule has 2 aliphatic rings. The third-order valence-corrected chi connectivity index (χ3v) is 16.1. The van der Waals surface area contributed by atoms with Gasteiger partial charge in [-0.1, -0.05) is 43.5 Å². The van der Waals surface area contributed by atoms with Crippen molar-refractivity contribution < 1.29 is 47.1 Å². The lowest BCUT2D eigenvalue weighted by atomic mass is 9.99. The van der Waals surface area contributed by atoms with Crippen LogP contribution in [0.25, 0.3) is 0 Å². The van der Waals surface area contributed by atoms with E-state index in [1.54, 1.807) is 86.5 Å². The van der Waals surface area contributed by atoms with Crippen molar-refractivity contribution in [3.63, 3.8) is 0 Å². The van der Waals surface area contributed by atoms with Crippen molar-refractivity contribution in [3.05, 3.63) is 190 Å². The van der Waals surface area contributed by atoms with Gasteiger partial charge in [0.05, 0.1) is 24.2 Å². The second-order valence-corrected chi connectivity index (χ2v) is 22.4. The summed E-state index contributed by atoms with van der Waals surface area (Å²) < 4.78 is 27.1. The fourth-order valence-electron chi connectivity index (χ4n) is 10.9. The number of hydrogen-bond acceptors (Lipinski definition) is 12. The molecule has 6 amide bonds. The Morgan fingerprint density at radius 1 is 0.494 bits per heavy atom. The molecule has 18 nitrogen and oxygen atoms in total. The molecule has 6 atom stereocenters. The highest BCUT2D eigenvalue weighted by Crippen LogP contribution is 2.35. The van der Waals surface area contributed by atoms with Crippen molar-refractivity contribution in [1.82, 2.24) is 41.0 Å². The molecule has 0 aliphatic carbocycles. The molecular formula is C67H76F2N10O8. The van der Waals surface area contributed by atoms with Gasteiger partial charge in [-0.05, 0) is 174 Å². The number of aromatic nitrogens is 2. The summed E-state index contributed by atoms with van der Waals surface area (Å²) >= 11 is 0. The second-order valence-electron chi connectivity index (χ2n) is 22.4. The fourth-order valence-corrected chi connectivity index (χ4v) is 10.9. The standard InChI is InChI=1S/C67H76F2N10O8/c1-42(70-3)64(84)76-56(66(86)78-32-10-12-58(78)48-36-50(40-72-38-48)62(82)46-20-24-52(68)25-21-46)34-44-16-28-54(29-17-44)74-60(80)14-8-6-5-7-9-15-61(81)75-55-30-18-45(19-31-55)35-57(77-65(85)43(2)71-4)67(87)79-33-11-13-59(79)49-37-51(41-73-39-49)63(83)47-22-26-53(69)27-23-47/h16-31,36-43,56-59,70-71H,5-15,32-35H2,1-4H3,(H,74,80)(H,75,81)(H,76,84)(H,77,85). The van der Waals surface area contributed by atoms with Crippen molar-refractivity contribution >= 4 is 58.4 Å². The number of nitrogens with zero attached hydrogens (tertiary/aromatic N) is 4. The molecule has 0 spiro atoms. The summed E-state index contributed by atoms with van der Waals surface area (Å²) in [6.07, 6.45) is 13.6. The van der Waals surface area contributed by atoms with Crippen molar-refractivity contribution in [2.45, 2.75) is 134 Å². The minimum Gasteiger partial charge on any atom is -0.343 e. The van der Waals surface area contributed by atoms with Crippen LogP contribution in [0.1, 0.15) is 151 Å². The number of hydrogen-bond donors (Lipinski definition) is 6. The van der Waals surface area contributed by atoms with Gasteiger partial charge in [-0.3, -0.25) is 48.3 Å². The number of nitrogens with one attached hydrogen (secondary N) is 6. The van der Waals surface area contributed by atoms with Crippen LogP contribution in [0.15, 0.2) is 134 Å². The van der Waals surface area contributed by atoms with E-state index < -0.39 is 35.8 Å². The van der Waals surface area contributed by atoms with Crippen LogP contribution in [0.4, 0.5) is 20.2 Å². The maximum Gasteiger partial charge on any atom is 0.246 e. The number of halogens is 2. The lowest BCUT2D eigenvalue weighted by molar-refractivity contribution is -0.137. The SMILES string of the molecule is CNC(C)C(=O)NC(Cc1ccc(NC(=O)CCCCCCCC(=O)Nc2ccc(CC(NC(=O)C(C)NC)C(=O)N3CCCC3c3cncc(C(=O)c4ccc(F)cc4)c3)cc2)cc1)C(=O)N1CCCC1c1cncc(C(=O)c2ccc(F)cc2)c1. The van der Waals surface area contributed by atoms with Crippen LogP contribution in [0, 0.1) is 11.6 Å². The number of rotatable bonds is 28. The van der Waals surface area contributed by atoms with E-state index in [-0.39, 0.29) is 71.9 Å². The number of likely N-dealkylation sites (tertiary alicyclic amines) is 2. The Labute approximate surface area is 506 Å². The molecular weight excluding hydrogens is 1110 g/mol. The van der Waals surface area contributed by atoms with Gasteiger partial charge in [-0.2, -0.15) is 0 Å². The topological polar surface area (TPSA) is 241 Å². The maximum atomic E-state index is 14.4. The molecule has 6 N–H and O–H groups in total. The largest absolute Gasteiger partial charge is 0.343 e. The van der Waals surface area contributed by atoms with E-state index in [9.17, 15) is 47.1 Å². The molecule has 0 radical (unpaired) electrons. The van der Waals surface area contributed by atoms with Gasteiger partial charge >= 0.3 is 0 Å². The molecule has 2 aliphatic heterocycles. The predicted molar refractivity (Wildman–Crippen MR) is 326 cm³/mol. The van der Waals surface area contributed by atoms with Gasteiger partial charge < -0.3 is 41.7 Å². The normalized spacial score (nSPS) is 16.1. The number of anilines is 2. The lowest BCUT2D eigenvalue weighted by Crippen LogP contribution is -2.53. The van der Waals surface area contributed by atoms with Crippen molar-refractivity contribution in [3.8, 4) is 0 Å². The van der Waals surface area contributed by atoms with E-state index in [2.05, 4.69) is 41.9 Å². The van der Waals surface area contributed by atoms with E-state index in [0.29, 0.717) is 109 Å². The number of carbonyl (C=O) groups excluding carboxylic acids is 8. The monoisotopic (exact) mass is 1190 g/mol. The van der Waals surface area contributed by atoms with Crippen LogP contribution in [0.2, 0.25) is 0 Å². The van der Waals surface area contributed by atoms with Gasteiger partial charge in [0.25, 0.3) is 0 Å². The molecule has 2 fully saturated rings. The molecule has 6 unspecified atom stereocenters. The molecule has 0 bridgehead atoms. The zero-order valence-electron chi connectivity index (χ0n) is 49.6. The molecule has 8 rings (SSSR count). The van der Waals surface area contributed by atoms with Crippen molar-refractivity contribution in [2.75, 3.05) is 37.8 Å². The van der Waals surface area contributed by atoms with Gasteiger partial charge in [0.1, 0.15) is 23.7 Å². The van der Waals surface area contributed by atoms with Gasteiger partial charge in [-0.15, -0.1) is 0 Å². The molecule has 20 heteroatoms. The summed E-state index contributed by atoms with van der Waals surface area (Å²) in [5.74, 6) is -3.04. The Morgan fingerprint density at radius 2 is 0.862 bits per heavy atom. The zero-order valence-corrected chi connectivity index (χ0v) is 49.6. The molecule has 0 saturated carbocycles. The highest BCUT2D eigenvalue weighted by molar-refractivity contribution is 6.09. The van der Waals surface area contributed by atoms with Crippen LogP contribution in [-0.2, 0) is 41.6 Å². The number of ketones is 2. The van der Waals surface area contributed by atoms with E-state index in [4.69, 9.17) is 0 Å². The summed E-state index contributed by atoms with van der Waals surface area (Å²) in [5, 5.41) is 17.6. The summed E-state index contributed by atoms with van der Waals surface area (Å²) in [6.45, 7) is 4.30. The summed E-state index contributed by atoms with van der Waals surface area (Å²) in [7, 11) is 3.32. The molecule has 6 aromatic rings. The molecule has 456 valence electrons. The van der Waals surface area contributed by atoms with Gasteiger partial charge in [0, 0.05) is 97.2 Å². The van der Waals surface area contributed by atoms with Crippen LogP contribution in [0.3, 0.4) is 0 Å². The number of benzene rings is 4. The van der Waals surface area contributed by atoms with Gasteiger partial charge in [0.15, 0.2) is 11.6 Å². The quantitative estimate of drug-likeness (QED) is 0.0200. The van der Waals surface area contributed by atoms with Crippen LogP contribution >= 0.6 is 0 Å². The Morgan fingerprint density at radius 3 is 1.23 bits per heavy atom. The Bertz CT molecular complexity index is 3160. The Balaban J connectivity index is 0.763. The van der Waals surface area contributed by atoms with E-state index in [0.717, 1.165) is 30.4 Å². The first-order valence-electron chi connectivity index (χ1n) is 29.8. The van der Waals surface area contributed by atoms with E-state index in [1.807, 2.05) is 24.3 Å². The number of carbonyl (C=O) groups is 8. The number of likely N-dealkylation sites (N-methyl/N-ethyl adjacent to an activating group) is 2. The average Bonchev–Trinajstić information content (AvgIpc) is 2.51. The van der Waals surface area contributed by atoms with Gasteiger partial charge in [0.2, 0.25) is 35.4 Å². The fraction of sp³-hybridized carbons (Fsp3) is 0.373. The van der Waals surface area contributed by atoms with Crippen molar-refractivity contribution in [2.24, 2.45) is 0 Å². The smallest absolute Gasteiger partial charge is 0.246 e. The molecule has 4 aromatic carbocycles. The van der Waals surface area contributed by atoms with E-state index in [1.165, 1.54) is 60.9 Å². The first kappa shape index (κ1) is 64.1.